The van der Waals surface area contributed by atoms with Crippen LogP contribution in [0.25, 0.3) is 0 Å². The third-order valence-electron chi connectivity index (χ3n) is 2.19. The first-order chi connectivity index (χ1) is 7.15. The summed E-state index contributed by atoms with van der Waals surface area (Å²) < 4.78 is 0. The van der Waals surface area contributed by atoms with Crippen molar-refractivity contribution in [2.24, 2.45) is 0 Å². The first kappa shape index (κ1) is 14.2. The second-order valence-electron chi connectivity index (χ2n) is 4.35. The Morgan fingerprint density at radius 2 is 1.40 bits per heavy atom. The van der Waals surface area contributed by atoms with E-state index in [0.29, 0.717) is 5.92 Å². The highest BCUT2D eigenvalue weighted by Crippen LogP contribution is 2.15. The van der Waals surface area contributed by atoms with Gasteiger partial charge in [0.15, 0.2) is 0 Å². The Balaban J connectivity index is 0.000000583. The maximum Gasteiger partial charge on any atom is -0.0219 e. The van der Waals surface area contributed by atoms with Crippen LogP contribution in [0.15, 0.2) is 24.3 Å². The average Bonchev–Trinajstić information content (AvgIpc) is 2.20. The fraction of sp³-hybridized carbons (Fsp3) is 0.600. The molecule has 1 aromatic carbocycles. The van der Waals surface area contributed by atoms with E-state index in [4.69, 9.17) is 0 Å². The highest BCUT2D eigenvalue weighted by molar-refractivity contribution is 5.24. The summed E-state index contributed by atoms with van der Waals surface area (Å²) >= 11 is 0. The Bertz CT molecular complexity index is 231. The van der Waals surface area contributed by atoms with Crippen molar-refractivity contribution in [3.8, 4) is 0 Å². The second-order valence-corrected chi connectivity index (χ2v) is 4.35. The molecule has 0 saturated carbocycles. The first-order valence-electron chi connectivity index (χ1n) is 6.24. The number of aryl methyl sites for hydroxylation is 1. The number of benzene rings is 1. The zero-order valence-corrected chi connectivity index (χ0v) is 11.0. The average molecular weight is 206 g/mol. The van der Waals surface area contributed by atoms with Crippen LogP contribution >= 0.6 is 0 Å². The van der Waals surface area contributed by atoms with Crippen molar-refractivity contribution in [3.63, 3.8) is 0 Å². The first-order valence-corrected chi connectivity index (χ1v) is 6.24. The van der Waals surface area contributed by atoms with Gasteiger partial charge in [-0.15, -0.1) is 0 Å². The zero-order valence-electron chi connectivity index (χ0n) is 11.0. The molecule has 0 aliphatic carbocycles. The minimum Gasteiger partial charge on any atom is -0.0656 e. The highest BCUT2D eigenvalue weighted by Gasteiger charge is 1.97. The Labute approximate surface area is 95.7 Å². The van der Waals surface area contributed by atoms with E-state index in [1.807, 2.05) is 0 Å². The van der Waals surface area contributed by atoms with Gasteiger partial charge in [-0.05, 0) is 23.5 Å². The van der Waals surface area contributed by atoms with Gasteiger partial charge in [0.2, 0.25) is 0 Å². The molecule has 0 aromatic heterocycles. The summed E-state index contributed by atoms with van der Waals surface area (Å²) in [6, 6.07) is 8.99. The standard InChI is InChI=1S/C12H18.C3H8/c1-4-5-11-6-8-12(9-7-11)10(2)3;1-3-2/h6-10H,4-5H2,1-3H3;3H2,1-2H3. The largest absolute Gasteiger partial charge is 0.0656 e. The molecule has 0 saturated heterocycles. The molecular weight excluding hydrogens is 180 g/mol. The fourth-order valence-corrected chi connectivity index (χ4v) is 1.36. The number of hydrogen-bond donors (Lipinski definition) is 0. The molecule has 0 heterocycles. The molecule has 0 unspecified atom stereocenters. The lowest BCUT2D eigenvalue weighted by Gasteiger charge is -2.05. The molecule has 0 amide bonds. The molecule has 1 aromatic rings. The van der Waals surface area contributed by atoms with E-state index >= 15 is 0 Å². The van der Waals surface area contributed by atoms with Crippen molar-refractivity contribution in [1.29, 1.82) is 0 Å². The molecule has 0 atom stereocenters. The maximum absolute atomic E-state index is 2.25. The predicted molar refractivity (Wildman–Crippen MR) is 70.5 cm³/mol. The third kappa shape index (κ3) is 6.33. The van der Waals surface area contributed by atoms with Gasteiger partial charge in [0.25, 0.3) is 0 Å². The molecule has 0 nitrogen and oxygen atoms in total. The molecule has 0 fully saturated rings. The fourth-order valence-electron chi connectivity index (χ4n) is 1.36. The predicted octanol–water partition coefficient (Wildman–Crippen LogP) is 5.18. The van der Waals surface area contributed by atoms with Crippen LogP contribution in [0.3, 0.4) is 0 Å². The van der Waals surface area contributed by atoms with Gasteiger partial charge < -0.3 is 0 Å². The minimum atomic E-state index is 0.653. The number of rotatable bonds is 3. The molecular formula is C15H26. The van der Waals surface area contributed by atoms with E-state index in [9.17, 15) is 0 Å². The van der Waals surface area contributed by atoms with E-state index in [1.54, 1.807) is 0 Å². The van der Waals surface area contributed by atoms with E-state index in [-0.39, 0.29) is 0 Å². The highest BCUT2D eigenvalue weighted by atomic mass is 14.0. The van der Waals surface area contributed by atoms with E-state index in [1.165, 1.54) is 30.4 Å². The molecule has 86 valence electrons. The van der Waals surface area contributed by atoms with Crippen LogP contribution in [-0.2, 0) is 6.42 Å². The Kier molecular flexibility index (Phi) is 8.08. The Morgan fingerprint density at radius 1 is 0.933 bits per heavy atom. The summed E-state index contributed by atoms with van der Waals surface area (Å²) in [5.41, 5.74) is 2.90. The second kappa shape index (κ2) is 8.52. The summed E-state index contributed by atoms with van der Waals surface area (Å²) in [5, 5.41) is 0. The molecule has 0 N–H and O–H groups in total. The number of hydrogen-bond acceptors (Lipinski definition) is 0. The smallest absolute Gasteiger partial charge is 0.0219 e. The molecule has 15 heavy (non-hydrogen) atoms. The summed E-state index contributed by atoms with van der Waals surface area (Å²) in [5.74, 6) is 0.653. The van der Waals surface area contributed by atoms with Gasteiger partial charge in [-0.2, -0.15) is 0 Å². The molecule has 0 aliphatic heterocycles. The van der Waals surface area contributed by atoms with Gasteiger partial charge in [0.1, 0.15) is 0 Å². The van der Waals surface area contributed by atoms with Crippen LogP contribution in [0.1, 0.15) is 64.5 Å². The van der Waals surface area contributed by atoms with Crippen molar-refractivity contribution < 1.29 is 0 Å². The SMILES string of the molecule is CCC.CCCc1ccc(C(C)C)cc1. The van der Waals surface area contributed by atoms with Gasteiger partial charge in [-0.1, -0.05) is 71.7 Å². The van der Waals surface area contributed by atoms with Crippen LogP contribution in [0.4, 0.5) is 0 Å². The molecule has 0 radical (unpaired) electrons. The Hall–Kier alpha value is -0.780. The zero-order chi connectivity index (χ0) is 11.7. The van der Waals surface area contributed by atoms with Crippen LogP contribution in [-0.4, -0.2) is 0 Å². The third-order valence-corrected chi connectivity index (χ3v) is 2.19. The van der Waals surface area contributed by atoms with Crippen molar-refractivity contribution >= 4 is 0 Å². The van der Waals surface area contributed by atoms with Crippen LogP contribution in [0, 0.1) is 0 Å². The lowest BCUT2D eigenvalue weighted by atomic mass is 10.0. The molecule has 0 heteroatoms. The lowest BCUT2D eigenvalue weighted by molar-refractivity contribution is 0.861. The quantitative estimate of drug-likeness (QED) is 0.639. The van der Waals surface area contributed by atoms with Gasteiger partial charge in [-0.25, -0.2) is 0 Å². The molecule has 0 aliphatic rings. The van der Waals surface area contributed by atoms with E-state index in [0.717, 1.165) is 0 Å². The lowest BCUT2D eigenvalue weighted by Crippen LogP contribution is -1.88. The Morgan fingerprint density at radius 3 is 1.73 bits per heavy atom. The van der Waals surface area contributed by atoms with Crippen LogP contribution < -0.4 is 0 Å². The van der Waals surface area contributed by atoms with Crippen molar-refractivity contribution in [1.82, 2.24) is 0 Å². The molecule has 0 bridgehead atoms. The van der Waals surface area contributed by atoms with Crippen molar-refractivity contribution in [2.75, 3.05) is 0 Å². The summed E-state index contributed by atoms with van der Waals surface area (Å²) in [7, 11) is 0. The van der Waals surface area contributed by atoms with Gasteiger partial charge >= 0.3 is 0 Å². The normalized spacial score (nSPS) is 9.73. The van der Waals surface area contributed by atoms with Gasteiger partial charge in [-0.3, -0.25) is 0 Å². The van der Waals surface area contributed by atoms with E-state index < -0.39 is 0 Å². The van der Waals surface area contributed by atoms with E-state index in [2.05, 4.69) is 58.9 Å². The maximum atomic E-state index is 2.25. The van der Waals surface area contributed by atoms with Crippen LogP contribution in [0.5, 0.6) is 0 Å². The van der Waals surface area contributed by atoms with Crippen molar-refractivity contribution in [2.45, 2.75) is 59.8 Å². The van der Waals surface area contributed by atoms with Gasteiger partial charge in [0.05, 0.1) is 0 Å². The molecule has 1 rings (SSSR count). The topological polar surface area (TPSA) is 0 Å². The monoisotopic (exact) mass is 206 g/mol. The molecule has 0 spiro atoms. The summed E-state index contributed by atoms with van der Waals surface area (Å²) in [6.45, 7) is 10.9. The van der Waals surface area contributed by atoms with Crippen molar-refractivity contribution in [3.05, 3.63) is 35.4 Å². The van der Waals surface area contributed by atoms with Crippen LogP contribution in [0.2, 0.25) is 0 Å². The van der Waals surface area contributed by atoms with Gasteiger partial charge in [0, 0.05) is 0 Å². The summed E-state index contributed by atoms with van der Waals surface area (Å²) in [4.78, 5) is 0. The minimum absolute atomic E-state index is 0.653. The summed E-state index contributed by atoms with van der Waals surface area (Å²) in [6.07, 6.45) is 3.69.